The van der Waals surface area contributed by atoms with Gasteiger partial charge in [0.15, 0.2) is 0 Å². The number of hydrogen-bond acceptors (Lipinski definition) is 4. The summed E-state index contributed by atoms with van der Waals surface area (Å²) in [5, 5.41) is 9.06. The predicted octanol–water partition coefficient (Wildman–Crippen LogP) is 1.15. The third kappa shape index (κ3) is 9.56. The molecule has 0 aliphatic carbocycles. The highest BCUT2D eigenvalue weighted by Crippen LogP contribution is 2.07. The first-order valence-corrected chi connectivity index (χ1v) is 8.75. The molecule has 0 aromatic rings. The van der Waals surface area contributed by atoms with Gasteiger partial charge in [-0.3, -0.25) is 9.59 Å². The van der Waals surface area contributed by atoms with Crippen LogP contribution < -0.4 is 21.7 Å². The predicted molar refractivity (Wildman–Crippen MR) is 95.0 cm³/mol. The van der Waals surface area contributed by atoms with E-state index in [2.05, 4.69) is 16.0 Å². The molecule has 0 aliphatic heterocycles. The molecule has 0 radical (unpaired) electrons. The topological polar surface area (TPSA) is 96.2 Å². The molecule has 0 rings (SSSR count). The van der Waals surface area contributed by atoms with E-state index in [1.54, 1.807) is 0 Å². The van der Waals surface area contributed by atoms with Gasteiger partial charge < -0.3 is 21.7 Å². The third-order valence-electron chi connectivity index (χ3n) is 3.47. The fraction of sp³-hybridized carbons (Fsp3) is 0.882. The number of nitrogens with one attached hydrogen (secondary N) is 3. The van der Waals surface area contributed by atoms with Crippen molar-refractivity contribution in [2.24, 2.45) is 11.7 Å². The lowest BCUT2D eigenvalue weighted by atomic mass is 10.0. The van der Waals surface area contributed by atoms with Crippen LogP contribution in [0, 0.1) is 5.92 Å². The monoisotopic (exact) mass is 328 g/mol. The smallest absolute Gasteiger partial charge is 0.242 e. The summed E-state index contributed by atoms with van der Waals surface area (Å²) in [7, 11) is 0. The average molecular weight is 329 g/mol. The summed E-state index contributed by atoms with van der Waals surface area (Å²) in [6.45, 7) is 12.4. The molecule has 0 aliphatic rings. The van der Waals surface area contributed by atoms with E-state index in [-0.39, 0.29) is 35.9 Å². The number of hydrogen-bond donors (Lipinski definition) is 4. The summed E-state index contributed by atoms with van der Waals surface area (Å²) in [6.07, 6.45) is 2.27. The Morgan fingerprint density at radius 2 is 1.48 bits per heavy atom. The molecule has 2 atom stereocenters. The Morgan fingerprint density at radius 3 is 1.91 bits per heavy atom. The van der Waals surface area contributed by atoms with E-state index in [0.29, 0.717) is 13.0 Å². The Labute approximate surface area is 141 Å². The number of rotatable bonds is 11. The maximum absolute atomic E-state index is 12.6. The highest BCUT2D eigenvalue weighted by atomic mass is 16.2. The van der Waals surface area contributed by atoms with Crippen LogP contribution in [0.3, 0.4) is 0 Å². The summed E-state index contributed by atoms with van der Waals surface area (Å²) < 4.78 is 0. The normalized spacial score (nSPS) is 14.2. The lowest BCUT2D eigenvalue weighted by molar-refractivity contribution is -0.131. The first-order valence-electron chi connectivity index (χ1n) is 8.75. The second-order valence-corrected chi connectivity index (χ2v) is 7.05. The molecule has 6 nitrogen and oxygen atoms in total. The largest absolute Gasteiger partial charge is 0.352 e. The molecule has 23 heavy (non-hydrogen) atoms. The zero-order valence-electron chi connectivity index (χ0n) is 15.6. The van der Waals surface area contributed by atoms with Crippen LogP contribution in [0.2, 0.25) is 0 Å². The Morgan fingerprint density at radius 1 is 0.870 bits per heavy atom. The highest BCUT2D eigenvalue weighted by Gasteiger charge is 2.27. The van der Waals surface area contributed by atoms with E-state index in [1.807, 2.05) is 41.5 Å². The molecule has 0 spiro atoms. The molecule has 6 heteroatoms. The second-order valence-electron chi connectivity index (χ2n) is 7.05. The van der Waals surface area contributed by atoms with Gasteiger partial charge in [0.05, 0.1) is 6.04 Å². The summed E-state index contributed by atoms with van der Waals surface area (Å²) >= 11 is 0. The van der Waals surface area contributed by atoms with Gasteiger partial charge in [0.2, 0.25) is 11.8 Å². The van der Waals surface area contributed by atoms with E-state index in [9.17, 15) is 9.59 Å². The van der Waals surface area contributed by atoms with Crippen molar-refractivity contribution in [2.45, 2.75) is 85.0 Å². The number of nitrogens with two attached hydrogens (primary N) is 1. The molecule has 0 fully saturated rings. The summed E-state index contributed by atoms with van der Waals surface area (Å²) in [4.78, 5) is 24.9. The van der Waals surface area contributed by atoms with Gasteiger partial charge in [0.25, 0.3) is 0 Å². The van der Waals surface area contributed by atoms with E-state index in [4.69, 9.17) is 5.73 Å². The van der Waals surface area contributed by atoms with Gasteiger partial charge in [-0.05, 0) is 45.6 Å². The Bertz CT molecular complexity index is 357. The summed E-state index contributed by atoms with van der Waals surface area (Å²) in [5.41, 5.74) is 5.52. The van der Waals surface area contributed by atoms with Crippen molar-refractivity contribution in [2.75, 3.05) is 6.54 Å². The van der Waals surface area contributed by atoms with Gasteiger partial charge in [-0.1, -0.05) is 27.7 Å². The van der Waals surface area contributed by atoms with Gasteiger partial charge in [0, 0.05) is 12.1 Å². The number of unbranched alkanes of at least 4 members (excludes halogenated alkanes) is 1. The van der Waals surface area contributed by atoms with Crippen molar-refractivity contribution in [1.29, 1.82) is 0 Å². The van der Waals surface area contributed by atoms with E-state index < -0.39 is 6.04 Å². The van der Waals surface area contributed by atoms with Crippen LogP contribution in [-0.2, 0) is 9.59 Å². The molecule has 2 amide bonds. The second kappa shape index (κ2) is 11.4. The standard InChI is InChI=1S/C17H36N4O2/c1-11(2)15(19-12(3)4)17(23)21-14(9-7-8-10-18)16(22)20-13(5)6/h11-15,19H,7-10,18H2,1-6H3,(H,20,22)(H,21,23)/t14-,15-/m0/s1. The quantitative estimate of drug-likeness (QED) is 0.428. The first kappa shape index (κ1) is 21.9. The summed E-state index contributed by atoms with van der Waals surface area (Å²) in [6, 6.07) is -0.565. The maximum atomic E-state index is 12.6. The molecule has 0 saturated heterocycles. The number of carbonyl (C=O) groups is 2. The van der Waals surface area contributed by atoms with E-state index in [0.717, 1.165) is 12.8 Å². The molecule has 0 aromatic carbocycles. The summed E-state index contributed by atoms with van der Waals surface area (Å²) in [5.74, 6) is -0.0990. The first-order chi connectivity index (χ1) is 10.7. The highest BCUT2D eigenvalue weighted by molar-refractivity contribution is 5.90. The van der Waals surface area contributed by atoms with E-state index >= 15 is 0 Å². The molecule has 0 bridgehead atoms. The van der Waals surface area contributed by atoms with Gasteiger partial charge in [0.1, 0.15) is 6.04 Å². The molecule has 5 N–H and O–H groups in total. The van der Waals surface area contributed by atoms with Crippen molar-refractivity contribution in [1.82, 2.24) is 16.0 Å². The molecule has 136 valence electrons. The third-order valence-corrected chi connectivity index (χ3v) is 3.47. The molecular weight excluding hydrogens is 292 g/mol. The Balaban J connectivity index is 4.87. The van der Waals surface area contributed by atoms with Crippen molar-refractivity contribution in [3.05, 3.63) is 0 Å². The molecule has 0 saturated carbocycles. The SMILES string of the molecule is CC(C)NC(=O)[C@H](CCCCN)NC(=O)[C@@H](NC(C)C)C(C)C. The van der Waals surface area contributed by atoms with Crippen LogP contribution in [0.4, 0.5) is 0 Å². The van der Waals surface area contributed by atoms with Gasteiger partial charge in [-0.25, -0.2) is 0 Å². The minimum Gasteiger partial charge on any atom is -0.352 e. The minimum atomic E-state index is -0.508. The van der Waals surface area contributed by atoms with Crippen LogP contribution in [-0.4, -0.2) is 42.5 Å². The van der Waals surface area contributed by atoms with Crippen molar-refractivity contribution in [3.8, 4) is 0 Å². The fourth-order valence-corrected chi connectivity index (χ4v) is 2.34. The average Bonchev–Trinajstić information content (AvgIpc) is 2.42. The zero-order valence-corrected chi connectivity index (χ0v) is 15.6. The van der Waals surface area contributed by atoms with Gasteiger partial charge in [-0.15, -0.1) is 0 Å². The Hall–Kier alpha value is -1.14. The van der Waals surface area contributed by atoms with Crippen molar-refractivity contribution >= 4 is 11.8 Å². The fourth-order valence-electron chi connectivity index (χ4n) is 2.34. The molecule has 0 heterocycles. The lowest BCUT2D eigenvalue weighted by Gasteiger charge is -2.27. The number of amides is 2. The van der Waals surface area contributed by atoms with Crippen LogP contribution in [0.25, 0.3) is 0 Å². The molecule has 0 aromatic heterocycles. The molecule has 0 unspecified atom stereocenters. The molecular formula is C17H36N4O2. The minimum absolute atomic E-state index is 0.0473. The maximum Gasteiger partial charge on any atom is 0.242 e. The van der Waals surface area contributed by atoms with Crippen LogP contribution in [0.1, 0.15) is 60.8 Å². The lowest BCUT2D eigenvalue weighted by Crippen LogP contribution is -2.56. The zero-order chi connectivity index (χ0) is 18.0. The van der Waals surface area contributed by atoms with Gasteiger partial charge >= 0.3 is 0 Å². The van der Waals surface area contributed by atoms with Crippen molar-refractivity contribution < 1.29 is 9.59 Å². The Kier molecular flexibility index (Phi) is 10.8. The van der Waals surface area contributed by atoms with E-state index in [1.165, 1.54) is 0 Å². The van der Waals surface area contributed by atoms with Crippen LogP contribution in [0.15, 0.2) is 0 Å². The van der Waals surface area contributed by atoms with Crippen molar-refractivity contribution in [3.63, 3.8) is 0 Å². The van der Waals surface area contributed by atoms with Crippen LogP contribution >= 0.6 is 0 Å². The van der Waals surface area contributed by atoms with Gasteiger partial charge in [-0.2, -0.15) is 0 Å². The number of carbonyl (C=O) groups excluding carboxylic acids is 2. The van der Waals surface area contributed by atoms with Crippen LogP contribution in [0.5, 0.6) is 0 Å².